The van der Waals surface area contributed by atoms with E-state index in [1.54, 1.807) is 43.6 Å². The molecule has 1 aliphatic rings. The van der Waals surface area contributed by atoms with Gasteiger partial charge in [-0.15, -0.1) is 0 Å². The lowest BCUT2D eigenvalue weighted by molar-refractivity contribution is -0.111. The maximum absolute atomic E-state index is 12.5. The summed E-state index contributed by atoms with van der Waals surface area (Å²) in [6.07, 6.45) is 2.71. The predicted octanol–water partition coefficient (Wildman–Crippen LogP) is 3.75. The van der Waals surface area contributed by atoms with Crippen molar-refractivity contribution in [2.24, 2.45) is 0 Å². The number of carbonyl (C=O) groups excluding carboxylic acids is 2. The molecule has 4 N–H and O–H groups in total. The Morgan fingerprint density at radius 1 is 1.00 bits per heavy atom. The molecule has 2 aromatic carbocycles. The van der Waals surface area contributed by atoms with Crippen LogP contribution in [0.5, 0.6) is 5.75 Å². The highest BCUT2D eigenvalue weighted by atomic mass is 16.5. The van der Waals surface area contributed by atoms with Gasteiger partial charge in [-0.05, 0) is 49.5 Å². The van der Waals surface area contributed by atoms with E-state index in [1.807, 2.05) is 18.2 Å². The summed E-state index contributed by atoms with van der Waals surface area (Å²) in [5.74, 6) is 0.935. The lowest BCUT2D eigenvalue weighted by Crippen LogP contribution is -2.44. The predicted molar refractivity (Wildman–Crippen MR) is 146 cm³/mol. The van der Waals surface area contributed by atoms with Crippen LogP contribution in [-0.2, 0) is 4.79 Å². The number of likely N-dealkylation sites (N-methyl/N-ethyl adjacent to an activating group) is 1. The first-order valence-electron chi connectivity index (χ1n) is 11.8. The van der Waals surface area contributed by atoms with E-state index in [9.17, 15) is 9.59 Å². The molecule has 0 bridgehead atoms. The zero-order valence-corrected chi connectivity index (χ0v) is 20.8. The molecule has 3 aromatic rings. The molecule has 1 aliphatic heterocycles. The Bertz CT molecular complexity index is 1270. The van der Waals surface area contributed by atoms with Gasteiger partial charge in [0.1, 0.15) is 11.6 Å². The fraction of sp³-hybridized carbons (Fsp3) is 0.231. The zero-order chi connectivity index (χ0) is 26.2. The minimum Gasteiger partial charge on any atom is -0.494 e. The molecule has 2 heterocycles. The van der Waals surface area contributed by atoms with Gasteiger partial charge in [0.2, 0.25) is 11.9 Å². The Kier molecular flexibility index (Phi) is 8.16. The number of hydrogen-bond donors (Lipinski definition) is 4. The summed E-state index contributed by atoms with van der Waals surface area (Å²) in [5.41, 5.74) is 2.83. The van der Waals surface area contributed by atoms with Crippen molar-refractivity contribution in [3.05, 3.63) is 67.4 Å². The van der Waals surface area contributed by atoms with Gasteiger partial charge in [-0.1, -0.05) is 12.6 Å². The Balaban J connectivity index is 1.39. The van der Waals surface area contributed by atoms with Crippen LogP contribution in [0, 0.1) is 0 Å². The van der Waals surface area contributed by atoms with E-state index in [1.165, 1.54) is 6.08 Å². The highest BCUT2D eigenvalue weighted by Gasteiger charge is 2.16. The van der Waals surface area contributed by atoms with E-state index >= 15 is 0 Å². The summed E-state index contributed by atoms with van der Waals surface area (Å²) >= 11 is 0. The lowest BCUT2D eigenvalue weighted by Gasteiger charge is -2.34. The fourth-order valence-electron chi connectivity index (χ4n) is 3.80. The molecule has 1 fully saturated rings. The molecule has 1 aromatic heterocycles. The quantitative estimate of drug-likeness (QED) is 0.344. The van der Waals surface area contributed by atoms with Gasteiger partial charge < -0.3 is 30.5 Å². The second kappa shape index (κ2) is 11.9. The minimum atomic E-state index is -0.494. The SMILES string of the molecule is C=CC(=O)Nc1cccc(NC(=O)Nc2ccnc(Nc3ccc(N4CCN(C)CC4)cc3OC)n2)c1. The number of nitrogens with one attached hydrogen (secondary N) is 4. The first kappa shape index (κ1) is 25.5. The molecule has 0 radical (unpaired) electrons. The maximum atomic E-state index is 12.5. The number of piperazine rings is 1. The van der Waals surface area contributed by atoms with Crippen LogP contribution in [0.4, 0.5) is 39.3 Å². The van der Waals surface area contributed by atoms with Crippen molar-refractivity contribution in [2.75, 3.05) is 66.5 Å². The summed E-state index contributed by atoms with van der Waals surface area (Å²) in [7, 11) is 3.75. The van der Waals surface area contributed by atoms with Gasteiger partial charge in [0.05, 0.1) is 12.8 Å². The van der Waals surface area contributed by atoms with E-state index in [-0.39, 0.29) is 5.91 Å². The van der Waals surface area contributed by atoms with Gasteiger partial charge in [0.25, 0.3) is 0 Å². The van der Waals surface area contributed by atoms with Crippen LogP contribution in [0.1, 0.15) is 0 Å². The van der Waals surface area contributed by atoms with Crippen molar-refractivity contribution in [3.8, 4) is 5.75 Å². The maximum Gasteiger partial charge on any atom is 0.324 e. The van der Waals surface area contributed by atoms with Gasteiger partial charge in [0.15, 0.2) is 0 Å². The molecular weight excluding hydrogens is 472 g/mol. The molecule has 11 heteroatoms. The Morgan fingerprint density at radius 3 is 2.49 bits per heavy atom. The van der Waals surface area contributed by atoms with Gasteiger partial charge in [-0.2, -0.15) is 4.98 Å². The number of methoxy groups -OCH3 is 1. The fourth-order valence-corrected chi connectivity index (χ4v) is 3.80. The van der Waals surface area contributed by atoms with Crippen molar-refractivity contribution < 1.29 is 14.3 Å². The molecule has 0 unspecified atom stereocenters. The molecule has 0 atom stereocenters. The van der Waals surface area contributed by atoms with E-state index in [0.29, 0.717) is 34.6 Å². The lowest BCUT2D eigenvalue weighted by atomic mass is 10.2. The summed E-state index contributed by atoms with van der Waals surface area (Å²) in [6.45, 7) is 7.37. The van der Waals surface area contributed by atoms with Crippen LogP contribution in [0.3, 0.4) is 0 Å². The first-order chi connectivity index (χ1) is 17.9. The van der Waals surface area contributed by atoms with Crippen LogP contribution < -0.4 is 30.9 Å². The second-order valence-corrected chi connectivity index (χ2v) is 8.42. The van der Waals surface area contributed by atoms with E-state index in [4.69, 9.17) is 4.74 Å². The molecule has 0 saturated carbocycles. The third kappa shape index (κ3) is 6.95. The average Bonchev–Trinajstić information content (AvgIpc) is 2.89. The topological polar surface area (TPSA) is 124 Å². The Hall–Kier alpha value is -4.64. The number of rotatable bonds is 8. The number of urea groups is 1. The summed E-state index contributed by atoms with van der Waals surface area (Å²) in [4.78, 5) is 37.3. The molecular formula is C26H30N8O3. The van der Waals surface area contributed by atoms with Gasteiger partial charge in [-0.3, -0.25) is 10.1 Å². The molecule has 4 rings (SSSR count). The molecule has 37 heavy (non-hydrogen) atoms. The highest BCUT2D eigenvalue weighted by molar-refractivity contribution is 6.01. The number of carbonyl (C=O) groups is 2. The van der Waals surface area contributed by atoms with Crippen LogP contribution in [0.15, 0.2) is 67.4 Å². The normalized spacial score (nSPS) is 13.4. The van der Waals surface area contributed by atoms with Crippen molar-refractivity contribution in [3.63, 3.8) is 0 Å². The summed E-state index contributed by atoms with van der Waals surface area (Å²) < 4.78 is 5.61. The number of nitrogens with zero attached hydrogens (tertiary/aromatic N) is 4. The van der Waals surface area contributed by atoms with Crippen molar-refractivity contribution in [2.45, 2.75) is 0 Å². The van der Waals surface area contributed by atoms with Crippen molar-refractivity contribution in [1.29, 1.82) is 0 Å². The largest absolute Gasteiger partial charge is 0.494 e. The minimum absolute atomic E-state index is 0.303. The Morgan fingerprint density at radius 2 is 1.76 bits per heavy atom. The molecule has 3 amide bonds. The van der Waals surface area contributed by atoms with E-state index in [2.05, 4.69) is 54.7 Å². The number of anilines is 6. The third-order valence-electron chi connectivity index (χ3n) is 5.77. The van der Waals surface area contributed by atoms with Gasteiger partial charge in [-0.25, -0.2) is 9.78 Å². The van der Waals surface area contributed by atoms with Gasteiger partial charge >= 0.3 is 6.03 Å². The van der Waals surface area contributed by atoms with Gasteiger partial charge in [0, 0.05) is 55.5 Å². The summed E-state index contributed by atoms with van der Waals surface area (Å²) in [5, 5.41) is 11.2. The summed E-state index contributed by atoms with van der Waals surface area (Å²) in [6, 6.07) is 13.8. The van der Waals surface area contributed by atoms with E-state index in [0.717, 1.165) is 31.9 Å². The average molecular weight is 503 g/mol. The van der Waals surface area contributed by atoms with E-state index < -0.39 is 6.03 Å². The molecule has 0 aliphatic carbocycles. The third-order valence-corrected chi connectivity index (χ3v) is 5.77. The number of amides is 3. The highest BCUT2D eigenvalue weighted by Crippen LogP contribution is 2.32. The smallest absolute Gasteiger partial charge is 0.324 e. The van der Waals surface area contributed by atoms with Crippen molar-refractivity contribution in [1.82, 2.24) is 14.9 Å². The number of hydrogen-bond acceptors (Lipinski definition) is 8. The van der Waals surface area contributed by atoms with Crippen LogP contribution >= 0.6 is 0 Å². The molecule has 192 valence electrons. The van der Waals surface area contributed by atoms with Crippen LogP contribution in [-0.4, -0.2) is 67.1 Å². The molecule has 0 spiro atoms. The Labute approximate surface area is 215 Å². The monoisotopic (exact) mass is 502 g/mol. The van der Waals surface area contributed by atoms with Crippen molar-refractivity contribution >= 4 is 46.5 Å². The zero-order valence-electron chi connectivity index (χ0n) is 20.8. The molecule has 1 saturated heterocycles. The second-order valence-electron chi connectivity index (χ2n) is 8.42. The molecule has 11 nitrogen and oxygen atoms in total. The number of benzene rings is 2. The number of aromatic nitrogens is 2. The first-order valence-corrected chi connectivity index (χ1v) is 11.8. The standard InChI is InChI=1S/C26H30N8O3/c1-4-24(35)28-18-6-5-7-19(16-18)29-26(36)32-23-10-11-27-25(31-23)30-21-9-8-20(17-22(21)37-3)34-14-12-33(2)13-15-34/h4-11,16-17H,1,12-15H2,2-3H3,(H,28,35)(H3,27,29,30,31,32,36). The van der Waals surface area contributed by atoms with Crippen LogP contribution in [0.25, 0.3) is 0 Å². The number of ether oxygens (including phenoxy) is 1. The van der Waals surface area contributed by atoms with Crippen LogP contribution in [0.2, 0.25) is 0 Å².